The Morgan fingerprint density at radius 2 is 1.94 bits per heavy atom. The number of nitroso groups, excluding NO2 is 1. The Hall–Kier alpha value is -2.36. The lowest BCUT2D eigenvalue weighted by atomic mass is 10.2. The van der Waals surface area contributed by atoms with E-state index in [9.17, 15) is 4.91 Å². The molecule has 0 amide bonds. The Morgan fingerprint density at radius 3 is 2.71 bits per heavy atom. The Morgan fingerprint density at radius 1 is 1.12 bits per heavy atom. The molecular weight excluding hydrogens is 214 g/mol. The third-order valence-corrected chi connectivity index (χ3v) is 2.40. The lowest BCUT2D eigenvalue weighted by Gasteiger charge is -2.07. The van der Waals surface area contributed by atoms with Gasteiger partial charge in [-0.3, -0.25) is 0 Å². The van der Waals surface area contributed by atoms with Gasteiger partial charge in [0.2, 0.25) is 0 Å². The quantitative estimate of drug-likeness (QED) is 0.622. The van der Waals surface area contributed by atoms with Gasteiger partial charge in [-0.05, 0) is 41.1 Å². The molecular formula is C13H13N3O. The maximum Gasteiger partial charge on any atom is 0.108 e. The van der Waals surface area contributed by atoms with Crippen LogP contribution in [0.15, 0.2) is 53.7 Å². The van der Waals surface area contributed by atoms with Crippen molar-refractivity contribution in [2.75, 3.05) is 11.1 Å². The summed E-state index contributed by atoms with van der Waals surface area (Å²) in [5.41, 5.74) is 8.80. The molecule has 0 aliphatic carbocycles. The molecule has 86 valence electrons. The summed E-state index contributed by atoms with van der Waals surface area (Å²) in [4.78, 5) is 10.4. The Labute approximate surface area is 99.4 Å². The van der Waals surface area contributed by atoms with Gasteiger partial charge >= 0.3 is 0 Å². The molecule has 17 heavy (non-hydrogen) atoms. The molecule has 0 bridgehead atoms. The van der Waals surface area contributed by atoms with E-state index in [-0.39, 0.29) is 0 Å². The molecule has 3 N–H and O–H groups in total. The molecule has 0 saturated heterocycles. The highest BCUT2D eigenvalue weighted by molar-refractivity contribution is 5.54. The first-order chi connectivity index (χ1) is 8.28. The van der Waals surface area contributed by atoms with E-state index in [1.807, 2.05) is 36.4 Å². The molecule has 0 heterocycles. The van der Waals surface area contributed by atoms with Crippen LogP contribution in [0, 0.1) is 4.91 Å². The molecule has 0 spiro atoms. The van der Waals surface area contributed by atoms with Crippen LogP contribution in [0.25, 0.3) is 0 Å². The van der Waals surface area contributed by atoms with Crippen molar-refractivity contribution in [2.45, 2.75) is 6.54 Å². The van der Waals surface area contributed by atoms with E-state index >= 15 is 0 Å². The molecule has 4 nitrogen and oxygen atoms in total. The average Bonchev–Trinajstić information content (AvgIpc) is 2.37. The number of nitrogens with two attached hydrogens (primary N) is 1. The van der Waals surface area contributed by atoms with Gasteiger partial charge in [-0.1, -0.05) is 18.2 Å². The summed E-state index contributed by atoms with van der Waals surface area (Å²) in [5, 5.41) is 6.13. The van der Waals surface area contributed by atoms with E-state index in [0.717, 1.165) is 16.9 Å². The minimum absolute atomic E-state index is 0.442. The van der Waals surface area contributed by atoms with Crippen molar-refractivity contribution in [3.8, 4) is 0 Å². The van der Waals surface area contributed by atoms with E-state index < -0.39 is 0 Å². The molecule has 0 saturated carbocycles. The Bertz CT molecular complexity index is 526. The number of nitrogens with one attached hydrogen (secondary N) is 1. The second kappa shape index (κ2) is 5.12. The molecule has 0 atom stereocenters. The van der Waals surface area contributed by atoms with Crippen molar-refractivity contribution in [2.24, 2.45) is 5.18 Å². The Kier molecular flexibility index (Phi) is 3.35. The molecule has 2 rings (SSSR count). The van der Waals surface area contributed by atoms with Crippen molar-refractivity contribution in [1.29, 1.82) is 0 Å². The van der Waals surface area contributed by atoms with Gasteiger partial charge < -0.3 is 11.1 Å². The lowest BCUT2D eigenvalue weighted by molar-refractivity contribution is 1.15. The SMILES string of the molecule is Nc1cccc(NCc2cccc(N=O)c2)c1. The average molecular weight is 227 g/mol. The zero-order chi connectivity index (χ0) is 12.1. The minimum atomic E-state index is 0.442. The minimum Gasteiger partial charge on any atom is -0.399 e. The highest BCUT2D eigenvalue weighted by Gasteiger charge is 1.97. The fourth-order valence-electron chi connectivity index (χ4n) is 1.58. The van der Waals surface area contributed by atoms with Crippen LogP contribution in [-0.2, 0) is 6.54 Å². The van der Waals surface area contributed by atoms with E-state index in [4.69, 9.17) is 5.73 Å². The van der Waals surface area contributed by atoms with E-state index in [2.05, 4.69) is 10.5 Å². The second-order valence-electron chi connectivity index (χ2n) is 3.74. The standard InChI is InChI=1S/C13H13N3O/c14-11-4-2-5-12(8-11)15-9-10-3-1-6-13(7-10)16-17/h1-8,15H,9,14H2. The van der Waals surface area contributed by atoms with Gasteiger partial charge in [-0.15, -0.1) is 4.91 Å². The number of nitrogens with zero attached hydrogens (tertiary/aromatic N) is 1. The number of anilines is 2. The first-order valence-corrected chi connectivity index (χ1v) is 5.29. The predicted octanol–water partition coefficient (Wildman–Crippen LogP) is 3.28. The van der Waals surface area contributed by atoms with Crippen molar-refractivity contribution >= 4 is 17.1 Å². The van der Waals surface area contributed by atoms with E-state index in [1.54, 1.807) is 12.1 Å². The molecule has 0 unspecified atom stereocenters. The smallest absolute Gasteiger partial charge is 0.108 e. The van der Waals surface area contributed by atoms with Crippen LogP contribution >= 0.6 is 0 Å². The predicted molar refractivity (Wildman–Crippen MR) is 70.1 cm³/mol. The van der Waals surface area contributed by atoms with Crippen molar-refractivity contribution in [1.82, 2.24) is 0 Å². The number of hydrogen-bond donors (Lipinski definition) is 2. The van der Waals surface area contributed by atoms with Crippen LogP contribution in [0.3, 0.4) is 0 Å². The monoisotopic (exact) mass is 227 g/mol. The number of benzene rings is 2. The summed E-state index contributed by atoms with van der Waals surface area (Å²) in [6, 6.07) is 14.7. The first-order valence-electron chi connectivity index (χ1n) is 5.29. The van der Waals surface area contributed by atoms with E-state index in [1.165, 1.54) is 0 Å². The first kappa shape index (κ1) is 11.1. The fourth-order valence-corrected chi connectivity index (χ4v) is 1.58. The van der Waals surface area contributed by atoms with Crippen LogP contribution in [0.4, 0.5) is 17.1 Å². The van der Waals surface area contributed by atoms with Gasteiger partial charge in [0, 0.05) is 17.9 Å². The van der Waals surface area contributed by atoms with Gasteiger partial charge in [0.1, 0.15) is 5.69 Å². The lowest BCUT2D eigenvalue weighted by Crippen LogP contribution is -1.99. The van der Waals surface area contributed by atoms with Crippen LogP contribution in [-0.4, -0.2) is 0 Å². The topological polar surface area (TPSA) is 67.5 Å². The molecule has 2 aromatic carbocycles. The maximum absolute atomic E-state index is 10.4. The summed E-state index contributed by atoms with van der Waals surface area (Å²) in [7, 11) is 0. The molecule has 0 aromatic heterocycles. The van der Waals surface area contributed by atoms with Crippen LogP contribution in [0.5, 0.6) is 0 Å². The summed E-state index contributed by atoms with van der Waals surface area (Å²) >= 11 is 0. The molecule has 2 aromatic rings. The number of nitrogen functional groups attached to an aromatic ring is 1. The third kappa shape index (κ3) is 3.04. The van der Waals surface area contributed by atoms with Crippen LogP contribution in [0.1, 0.15) is 5.56 Å². The largest absolute Gasteiger partial charge is 0.399 e. The van der Waals surface area contributed by atoms with Crippen LogP contribution in [0.2, 0.25) is 0 Å². The number of hydrogen-bond acceptors (Lipinski definition) is 4. The highest BCUT2D eigenvalue weighted by atomic mass is 16.3. The zero-order valence-corrected chi connectivity index (χ0v) is 9.26. The van der Waals surface area contributed by atoms with Crippen molar-refractivity contribution < 1.29 is 0 Å². The summed E-state index contributed by atoms with van der Waals surface area (Å²) in [6.07, 6.45) is 0. The van der Waals surface area contributed by atoms with Crippen molar-refractivity contribution in [3.63, 3.8) is 0 Å². The van der Waals surface area contributed by atoms with Gasteiger partial charge in [0.15, 0.2) is 0 Å². The van der Waals surface area contributed by atoms with Gasteiger partial charge in [-0.25, -0.2) is 0 Å². The maximum atomic E-state index is 10.4. The summed E-state index contributed by atoms with van der Waals surface area (Å²) < 4.78 is 0. The van der Waals surface area contributed by atoms with Crippen molar-refractivity contribution in [3.05, 3.63) is 59.0 Å². The van der Waals surface area contributed by atoms with Gasteiger partial charge in [0.05, 0.1) is 0 Å². The second-order valence-corrected chi connectivity index (χ2v) is 3.74. The third-order valence-electron chi connectivity index (χ3n) is 2.40. The van der Waals surface area contributed by atoms with Gasteiger partial charge in [0.25, 0.3) is 0 Å². The Balaban J connectivity index is 2.04. The molecule has 0 aliphatic rings. The number of rotatable bonds is 4. The summed E-state index contributed by atoms with van der Waals surface area (Å²) in [5.74, 6) is 0. The molecule has 0 aliphatic heterocycles. The van der Waals surface area contributed by atoms with Gasteiger partial charge in [-0.2, -0.15) is 0 Å². The van der Waals surface area contributed by atoms with E-state index in [0.29, 0.717) is 12.2 Å². The normalized spacial score (nSPS) is 9.88. The molecule has 0 radical (unpaired) electrons. The summed E-state index contributed by atoms with van der Waals surface area (Å²) in [6.45, 7) is 0.632. The molecule has 4 heteroatoms. The zero-order valence-electron chi connectivity index (χ0n) is 9.26. The van der Waals surface area contributed by atoms with Crippen LogP contribution < -0.4 is 11.1 Å². The highest BCUT2D eigenvalue weighted by Crippen LogP contribution is 2.16. The molecule has 0 fully saturated rings. The fraction of sp³-hybridized carbons (Fsp3) is 0.0769.